The topological polar surface area (TPSA) is 97.7 Å². The Balaban J connectivity index is 1.32. The molecule has 2 aromatic heterocycles. The molecule has 2 aromatic carbocycles. The third kappa shape index (κ3) is 5.17. The number of hydrogen-bond donors (Lipinski definition) is 2. The molecule has 2 heterocycles. The Hall–Kier alpha value is -3.59. The molecule has 9 heteroatoms. The lowest BCUT2D eigenvalue weighted by atomic mass is 10.1. The molecule has 32 heavy (non-hydrogen) atoms. The molecule has 0 fully saturated rings. The quantitative estimate of drug-likeness (QED) is 0.399. The Bertz CT molecular complexity index is 1200. The Morgan fingerprint density at radius 3 is 2.62 bits per heavy atom. The van der Waals surface area contributed by atoms with Crippen LogP contribution in [0.4, 0.5) is 0 Å². The maximum Gasteiger partial charge on any atom is 0.230 e. The number of nitrogens with one attached hydrogen (secondary N) is 2. The minimum absolute atomic E-state index is 0.104. The van der Waals surface area contributed by atoms with Crippen molar-refractivity contribution in [3.63, 3.8) is 0 Å². The van der Waals surface area contributed by atoms with Gasteiger partial charge in [0.15, 0.2) is 11.0 Å². The van der Waals surface area contributed by atoms with Crippen molar-refractivity contribution in [2.75, 3.05) is 12.9 Å². The molecule has 164 valence electrons. The maximum absolute atomic E-state index is 12.4. The Morgan fingerprint density at radius 1 is 1.16 bits per heavy atom. The van der Waals surface area contributed by atoms with Crippen LogP contribution in [0, 0.1) is 13.8 Å². The number of amides is 1. The summed E-state index contributed by atoms with van der Waals surface area (Å²) in [7, 11) is 1.62. The Kier molecular flexibility index (Phi) is 6.55. The van der Waals surface area contributed by atoms with Gasteiger partial charge in [-0.1, -0.05) is 17.8 Å². The number of aromatic amines is 1. The van der Waals surface area contributed by atoms with Gasteiger partial charge in [-0.05, 0) is 61.4 Å². The van der Waals surface area contributed by atoms with Crippen molar-refractivity contribution in [3.8, 4) is 22.8 Å². The molecule has 4 aromatic rings. The molecule has 0 radical (unpaired) electrons. The van der Waals surface area contributed by atoms with Crippen LogP contribution in [0.1, 0.15) is 17.0 Å². The van der Waals surface area contributed by atoms with Gasteiger partial charge >= 0.3 is 0 Å². The number of rotatable bonds is 8. The summed E-state index contributed by atoms with van der Waals surface area (Å²) in [5.41, 5.74) is 4.27. The van der Waals surface area contributed by atoms with Crippen molar-refractivity contribution in [1.29, 1.82) is 0 Å². The number of carbonyl (C=O) groups excluding carboxylic acids is 1. The van der Waals surface area contributed by atoms with E-state index in [4.69, 9.17) is 4.74 Å². The molecule has 0 bridgehead atoms. The van der Waals surface area contributed by atoms with E-state index in [1.165, 1.54) is 22.9 Å². The fourth-order valence-corrected chi connectivity index (χ4v) is 4.09. The first kappa shape index (κ1) is 21.6. The molecule has 0 saturated heterocycles. The highest BCUT2D eigenvalue weighted by Crippen LogP contribution is 2.22. The van der Waals surface area contributed by atoms with Crippen molar-refractivity contribution in [2.24, 2.45) is 0 Å². The summed E-state index contributed by atoms with van der Waals surface area (Å²) in [6.07, 6.45) is 3.65. The maximum atomic E-state index is 12.4. The van der Waals surface area contributed by atoms with Gasteiger partial charge in [0.05, 0.1) is 19.4 Å². The molecule has 0 atom stereocenters. The second-order valence-corrected chi connectivity index (χ2v) is 8.27. The van der Waals surface area contributed by atoms with Crippen LogP contribution in [-0.4, -0.2) is 43.5 Å². The van der Waals surface area contributed by atoms with Crippen LogP contribution in [0.15, 0.2) is 60.0 Å². The Morgan fingerprint density at radius 2 is 1.91 bits per heavy atom. The van der Waals surface area contributed by atoms with E-state index in [1.54, 1.807) is 13.3 Å². The second-order valence-electron chi connectivity index (χ2n) is 7.33. The zero-order chi connectivity index (χ0) is 22.5. The fourth-order valence-electron chi connectivity index (χ4n) is 3.29. The number of ether oxygens (including phenoxy) is 1. The fraction of sp³-hybridized carbons (Fsp3) is 0.217. The standard InChI is InChI=1S/C23H24N6O2S/c1-15-10-16(2)12-18(11-15)29-9-8-24-23(29)32-14-21(30)25-13-20-26-22(28-27-20)17-4-6-19(31-3)7-5-17/h4-12H,13-14H2,1-3H3,(H,25,30)(H,26,27,28). The average Bonchev–Trinajstić information content (AvgIpc) is 3.45. The van der Waals surface area contributed by atoms with Gasteiger partial charge < -0.3 is 10.1 Å². The highest BCUT2D eigenvalue weighted by Gasteiger charge is 2.11. The van der Waals surface area contributed by atoms with E-state index in [-0.39, 0.29) is 18.2 Å². The zero-order valence-electron chi connectivity index (χ0n) is 18.1. The van der Waals surface area contributed by atoms with Gasteiger partial charge in [0.2, 0.25) is 5.91 Å². The molecule has 0 spiro atoms. The minimum atomic E-state index is -0.104. The number of methoxy groups -OCH3 is 1. The van der Waals surface area contributed by atoms with E-state index in [0.29, 0.717) is 11.6 Å². The molecular formula is C23H24N6O2S. The third-order valence-electron chi connectivity index (χ3n) is 4.76. The zero-order valence-corrected chi connectivity index (χ0v) is 18.9. The van der Waals surface area contributed by atoms with Crippen LogP contribution in [0.2, 0.25) is 0 Å². The van der Waals surface area contributed by atoms with Gasteiger partial charge in [0, 0.05) is 23.6 Å². The summed E-state index contributed by atoms with van der Waals surface area (Å²) in [6, 6.07) is 13.8. The minimum Gasteiger partial charge on any atom is -0.497 e. The summed E-state index contributed by atoms with van der Waals surface area (Å²) in [5, 5.41) is 10.7. The number of benzene rings is 2. The van der Waals surface area contributed by atoms with Gasteiger partial charge in [-0.3, -0.25) is 14.5 Å². The highest BCUT2D eigenvalue weighted by atomic mass is 32.2. The average molecular weight is 449 g/mol. The van der Waals surface area contributed by atoms with E-state index >= 15 is 0 Å². The number of H-pyrrole nitrogens is 1. The molecule has 8 nitrogen and oxygen atoms in total. The number of aryl methyl sites for hydroxylation is 2. The van der Waals surface area contributed by atoms with Gasteiger partial charge in [-0.15, -0.1) is 0 Å². The third-order valence-corrected chi connectivity index (χ3v) is 5.72. The first-order chi connectivity index (χ1) is 15.5. The number of carbonyl (C=O) groups is 1. The van der Waals surface area contributed by atoms with Crippen LogP contribution in [0.5, 0.6) is 5.75 Å². The smallest absolute Gasteiger partial charge is 0.230 e. The molecular weight excluding hydrogens is 424 g/mol. The first-order valence-electron chi connectivity index (χ1n) is 10.1. The van der Waals surface area contributed by atoms with E-state index in [1.807, 2.05) is 35.0 Å². The number of thioether (sulfide) groups is 1. The predicted molar refractivity (Wildman–Crippen MR) is 124 cm³/mol. The molecule has 0 unspecified atom stereocenters. The summed E-state index contributed by atoms with van der Waals surface area (Å²) in [6.45, 7) is 4.41. The van der Waals surface area contributed by atoms with Crippen LogP contribution in [-0.2, 0) is 11.3 Å². The first-order valence-corrected chi connectivity index (χ1v) is 11.1. The molecule has 2 N–H and O–H groups in total. The highest BCUT2D eigenvalue weighted by molar-refractivity contribution is 7.99. The molecule has 1 amide bonds. The summed E-state index contributed by atoms with van der Waals surface area (Å²) >= 11 is 1.39. The SMILES string of the molecule is COc1ccc(-c2n[nH]c(CNC(=O)CSc3nccn3-c3cc(C)cc(C)c3)n2)cc1. The lowest BCUT2D eigenvalue weighted by molar-refractivity contribution is -0.118. The lowest BCUT2D eigenvalue weighted by Gasteiger charge is -2.09. The summed E-state index contributed by atoms with van der Waals surface area (Å²) in [4.78, 5) is 21.2. The number of nitrogens with zero attached hydrogens (tertiary/aromatic N) is 4. The van der Waals surface area contributed by atoms with Crippen LogP contribution in [0.25, 0.3) is 17.1 Å². The second kappa shape index (κ2) is 9.69. The Labute approximate surface area is 190 Å². The lowest BCUT2D eigenvalue weighted by Crippen LogP contribution is -2.25. The van der Waals surface area contributed by atoms with Crippen molar-refractivity contribution in [1.82, 2.24) is 30.0 Å². The van der Waals surface area contributed by atoms with E-state index in [2.05, 4.69) is 57.5 Å². The molecule has 0 aliphatic carbocycles. The number of aromatic nitrogens is 5. The molecule has 0 saturated carbocycles. The summed E-state index contributed by atoms with van der Waals surface area (Å²) < 4.78 is 7.16. The van der Waals surface area contributed by atoms with Crippen molar-refractivity contribution in [2.45, 2.75) is 25.5 Å². The van der Waals surface area contributed by atoms with E-state index in [0.717, 1.165) is 22.2 Å². The van der Waals surface area contributed by atoms with Gasteiger partial charge in [0.1, 0.15) is 11.6 Å². The number of hydrogen-bond acceptors (Lipinski definition) is 6. The van der Waals surface area contributed by atoms with E-state index in [9.17, 15) is 4.79 Å². The largest absolute Gasteiger partial charge is 0.497 e. The van der Waals surface area contributed by atoms with E-state index < -0.39 is 0 Å². The van der Waals surface area contributed by atoms with Crippen molar-refractivity contribution in [3.05, 3.63) is 71.8 Å². The molecule has 0 aliphatic heterocycles. The van der Waals surface area contributed by atoms with Gasteiger partial charge in [-0.25, -0.2) is 9.97 Å². The summed E-state index contributed by atoms with van der Waals surface area (Å²) in [5.74, 6) is 2.08. The predicted octanol–water partition coefficient (Wildman–Crippen LogP) is 3.69. The van der Waals surface area contributed by atoms with Gasteiger partial charge in [-0.2, -0.15) is 5.10 Å². The number of imidazole rings is 1. The van der Waals surface area contributed by atoms with Crippen molar-refractivity contribution < 1.29 is 9.53 Å². The van der Waals surface area contributed by atoms with Crippen LogP contribution < -0.4 is 10.1 Å². The van der Waals surface area contributed by atoms with Crippen LogP contribution in [0.3, 0.4) is 0 Å². The monoisotopic (exact) mass is 448 g/mol. The van der Waals surface area contributed by atoms with Gasteiger partial charge in [0.25, 0.3) is 0 Å². The van der Waals surface area contributed by atoms with Crippen LogP contribution >= 0.6 is 11.8 Å². The normalized spacial score (nSPS) is 10.8. The molecule has 0 aliphatic rings. The molecule has 4 rings (SSSR count). The van der Waals surface area contributed by atoms with Crippen molar-refractivity contribution >= 4 is 17.7 Å².